The second-order valence-corrected chi connectivity index (χ2v) is 6.23. The molecule has 1 aromatic rings. The fourth-order valence-corrected chi connectivity index (χ4v) is 3.18. The predicted molar refractivity (Wildman–Crippen MR) is 83.6 cm³/mol. The van der Waals surface area contributed by atoms with E-state index < -0.39 is 12.0 Å². The fraction of sp³-hybridized carbons (Fsp3) is 0.154. The highest BCUT2D eigenvalue weighted by Crippen LogP contribution is 2.34. The van der Waals surface area contributed by atoms with Crippen molar-refractivity contribution >= 4 is 57.9 Å². The Morgan fingerprint density at radius 2 is 2.05 bits per heavy atom. The highest BCUT2D eigenvalue weighted by molar-refractivity contribution is 8.26. The number of hydrogen-bond acceptors (Lipinski definition) is 4. The maximum Gasteiger partial charge on any atom is 0.326 e. The van der Waals surface area contributed by atoms with Crippen LogP contribution in [-0.2, 0) is 9.59 Å². The fourth-order valence-electron chi connectivity index (χ4n) is 1.63. The molecule has 1 atom stereocenters. The quantitative estimate of drug-likeness (QED) is 0.683. The van der Waals surface area contributed by atoms with Gasteiger partial charge in [0.25, 0.3) is 5.91 Å². The Bertz CT molecular complexity index is 613. The van der Waals surface area contributed by atoms with E-state index in [9.17, 15) is 9.59 Å². The Morgan fingerprint density at radius 3 is 2.60 bits per heavy atom. The van der Waals surface area contributed by atoms with E-state index in [1.54, 1.807) is 30.3 Å². The average Bonchev–Trinajstić information content (AvgIpc) is 2.66. The second kappa shape index (κ2) is 5.95. The van der Waals surface area contributed by atoms with E-state index in [2.05, 4.69) is 0 Å². The number of carboxylic acids is 1. The molecule has 1 aliphatic rings. The van der Waals surface area contributed by atoms with Gasteiger partial charge in [0.15, 0.2) is 0 Å². The smallest absolute Gasteiger partial charge is 0.326 e. The van der Waals surface area contributed by atoms with Crippen molar-refractivity contribution in [1.29, 1.82) is 0 Å². The first-order valence-electron chi connectivity index (χ1n) is 5.65. The molecule has 0 spiro atoms. The number of amides is 1. The van der Waals surface area contributed by atoms with E-state index >= 15 is 0 Å². The van der Waals surface area contributed by atoms with E-state index in [1.807, 2.05) is 0 Å². The van der Waals surface area contributed by atoms with Crippen molar-refractivity contribution in [2.45, 2.75) is 13.0 Å². The largest absolute Gasteiger partial charge is 0.480 e. The van der Waals surface area contributed by atoms with Gasteiger partial charge in [0.1, 0.15) is 10.4 Å². The van der Waals surface area contributed by atoms with Crippen LogP contribution < -0.4 is 0 Å². The number of aliphatic carboxylic acids is 1. The molecule has 0 saturated carbocycles. The average molecular weight is 328 g/mol. The van der Waals surface area contributed by atoms with Crippen molar-refractivity contribution in [3.05, 3.63) is 39.8 Å². The van der Waals surface area contributed by atoms with Crippen molar-refractivity contribution in [3.63, 3.8) is 0 Å². The van der Waals surface area contributed by atoms with Gasteiger partial charge in [-0.2, -0.15) is 0 Å². The molecule has 0 unspecified atom stereocenters. The molecule has 1 aliphatic heterocycles. The number of hydrogen-bond donors (Lipinski definition) is 1. The lowest BCUT2D eigenvalue weighted by Gasteiger charge is -2.18. The Morgan fingerprint density at radius 1 is 1.45 bits per heavy atom. The van der Waals surface area contributed by atoms with Crippen molar-refractivity contribution in [2.75, 3.05) is 0 Å². The Kier molecular flexibility index (Phi) is 4.47. The van der Waals surface area contributed by atoms with Gasteiger partial charge in [0, 0.05) is 5.02 Å². The molecule has 0 aliphatic carbocycles. The Labute approximate surface area is 130 Å². The summed E-state index contributed by atoms with van der Waals surface area (Å²) in [5, 5.41) is 9.59. The Hall–Kier alpha value is -1.37. The monoisotopic (exact) mass is 327 g/mol. The van der Waals surface area contributed by atoms with Gasteiger partial charge in [0.2, 0.25) is 0 Å². The van der Waals surface area contributed by atoms with Crippen LogP contribution in [0, 0.1) is 0 Å². The molecule has 1 N–H and O–H groups in total. The van der Waals surface area contributed by atoms with Gasteiger partial charge < -0.3 is 5.11 Å². The highest BCUT2D eigenvalue weighted by Gasteiger charge is 2.38. The van der Waals surface area contributed by atoms with Crippen molar-refractivity contribution < 1.29 is 14.7 Å². The lowest BCUT2D eigenvalue weighted by molar-refractivity contribution is -0.144. The number of thiocarbonyl (C=S) groups is 1. The van der Waals surface area contributed by atoms with Crippen molar-refractivity contribution in [3.8, 4) is 0 Å². The van der Waals surface area contributed by atoms with Gasteiger partial charge in [0.05, 0.1) is 4.91 Å². The minimum atomic E-state index is -1.09. The normalized spacial score (nSPS) is 18.7. The molecule has 0 radical (unpaired) electrons. The van der Waals surface area contributed by atoms with Gasteiger partial charge >= 0.3 is 5.97 Å². The standard InChI is InChI=1S/C13H10ClNO3S2/c1-7(12(17)18)15-11(16)10(20-13(15)19)6-8-2-4-9(14)5-3-8/h2-7H,1H3,(H,17,18)/t7-/m1/s1. The molecular formula is C13H10ClNO3S2. The third-order valence-electron chi connectivity index (χ3n) is 2.74. The summed E-state index contributed by atoms with van der Waals surface area (Å²) in [5.41, 5.74) is 0.804. The van der Waals surface area contributed by atoms with E-state index in [0.717, 1.165) is 22.2 Å². The summed E-state index contributed by atoms with van der Waals surface area (Å²) in [7, 11) is 0. The van der Waals surface area contributed by atoms with Crippen LogP contribution in [0.4, 0.5) is 0 Å². The van der Waals surface area contributed by atoms with Crippen LogP contribution in [-0.4, -0.2) is 32.2 Å². The van der Waals surface area contributed by atoms with Crippen LogP contribution in [0.3, 0.4) is 0 Å². The van der Waals surface area contributed by atoms with Crippen molar-refractivity contribution in [1.82, 2.24) is 4.90 Å². The molecule has 1 heterocycles. The van der Waals surface area contributed by atoms with Gasteiger partial charge in [-0.25, -0.2) is 4.79 Å². The lowest BCUT2D eigenvalue weighted by Crippen LogP contribution is -2.41. The summed E-state index contributed by atoms with van der Waals surface area (Å²) < 4.78 is 0.255. The first kappa shape index (κ1) is 15.0. The summed E-state index contributed by atoms with van der Waals surface area (Å²) in [6, 6.07) is 6.01. The molecule has 1 amide bonds. The van der Waals surface area contributed by atoms with E-state index in [4.69, 9.17) is 28.9 Å². The van der Waals surface area contributed by atoms with Crippen molar-refractivity contribution in [2.24, 2.45) is 0 Å². The van der Waals surface area contributed by atoms with Gasteiger partial charge in [-0.05, 0) is 30.7 Å². The second-order valence-electron chi connectivity index (χ2n) is 4.12. The number of halogens is 1. The zero-order chi connectivity index (χ0) is 14.9. The predicted octanol–water partition coefficient (Wildman–Crippen LogP) is 3.01. The van der Waals surface area contributed by atoms with E-state index in [-0.39, 0.29) is 10.2 Å². The van der Waals surface area contributed by atoms with E-state index in [0.29, 0.717) is 9.93 Å². The van der Waals surface area contributed by atoms with Crippen LogP contribution in [0.5, 0.6) is 0 Å². The summed E-state index contributed by atoms with van der Waals surface area (Å²) in [5.74, 6) is -1.47. The minimum absolute atomic E-state index is 0.255. The molecule has 104 valence electrons. The molecule has 0 aromatic heterocycles. The number of nitrogens with zero attached hydrogens (tertiary/aromatic N) is 1. The van der Waals surface area contributed by atoms with Crippen LogP contribution in [0.15, 0.2) is 29.2 Å². The SMILES string of the molecule is C[C@H](C(=O)O)N1C(=O)C(=Cc2ccc(Cl)cc2)SC1=S. The van der Waals surface area contributed by atoms with Crippen LogP contribution in [0.2, 0.25) is 5.02 Å². The van der Waals surface area contributed by atoms with E-state index in [1.165, 1.54) is 6.92 Å². The van der Waals surface area contributed by atoms with Crippen LogP contribution in [0.25, 0.3) is 6.08 Å². The molecule has 1 aromatic carbocycles. The van der Waals surface area contributed by atoms with Crippen LogP contribution in [0.1, 0.15) is 12.5 Å². The maximum atomic E-state index is 12.2. The third-order valence-corrected chi connectivity index (χ3v) is 4.32. The molecular weight excluding hydrogens is 318 g/mol. The molecule has 20 heavy (non-hydrogen) atoms. The first-order chi connectivity index (χ1) is 9.40. The molecule has 1 fully saturated rings. The van der Waals surface area contributed by atoms with Crippen LogP contribution >= 0.6 is 35.6 Å². The zero-order valence-electron chi connectivity index (χ0n) is 10.4. The Balaban J connectivity index is 2.28. The number of carbonyl (C=O) groups excluding carboxylic acids is 1. The summed E-state index contributed by atoms with van der Waals surface area (Å²) in [6.45, 7) is 1.43. The number of thioether (sulfide) groups is 1. The molecule has 1 saturated heterocycles. The number of carbonyl (C=O) groups is 2. The molecule has 0 bridgehead atoms. The lowest BCUT2D eigenvalue weighted by atomic mass is 10.2. The highest BCUT2D eigenvalue weighted by atomic mass is 35.5. The number of benzene rings is 1. The maximum absolute atomic E-state index is 12.2. The number of rotatable bonds is 3. The number of carboxylic acid groups (broad SMARTS) is 1. The molecule has 7 heteroatoms. The van der Waals surface area contributed by atoms with Gasteiger partial charge in [-0.15, -0.1) is 0 Å². The third kappa shape index (κ3) is 3.03. The molecule has 4 nitrogen and oxygen atoms in total. The summed E-state index contributed by atoms with van der Waals surface area (Å²) in [4.78, 5) is 24.7. The summed E-state index contributed by atoms with van der Waals surface area (Å²) >= 11 is 12.0. The minimum Gasteiger partial charge on any atom is -0.480 e. The first-order valence-corrected chi connectivity index (χ1v) is 7.26. The molecule has 2 rings (SSSR count). The zero-order valence-corrected chi connectivity index (χ0v) is 12.8. The van der Waals surface area contributed by atoms with Gasteiger partial charge in [-0.1, -0.05) is 47.7 Å². The summed E-state index contributed by atoms with van der Waals surface area (Å²) in [6.07, 6.45) is 1.67. The topological polar surface area (TPSA) is 57.6 Å². The van der Waals surface area contributed by atoms with Gasteiger partial charge in [-0.3, -0.25) is 9.69 Å².